The average molecular weight is 303 g/mol. The van der Waals surface area contributed by atoms with Gasteiger partial charge in [0.1, 0.15) is 12.4 Å². The Kier molecular flexibility index (Phi) is 4.98. The van der Waals surface area contributed by atoms with E-state index >= 15 is 0 Å². The summed E-state index contributed by atoms with van der Waals surface area (Å²) in [5.41, 5.74) is 1.90. The summed E-state index contributed by atoms with van der Waals surface area (Å²) in [6.07, 6.45) is 6.66. The van der Waals surface area contributed by atoms with Crippen LogP contribution in [0.5, 0.6) is 5.75 Å². The van der Waals surface area contributed by atoms with E-state index in [4.69, 9.17) is 9.47 Å². The monoisotopic (exact) mass is 303 g/mol. The third kappa shape index (κ3) is 3.80. The fourth-order valence-electron chi connectivity index (χ4n) is 3.23. The molecule has 2 fully saturated rings. The summed E-state index contributed by atoms with van der Waals surface area (Å²) in [6, 6.07) is 5.93. The van der Waals surface area contributed by atoms with Gasteiger partial charge in [0, 0.05) is 12.5 Å². The van der Waals surface area contributed by atoms with Crippen molar-refractivity contribution in [2.45, 2.75) is 51.6 Å². The molecule has 0 spiro atoms. The van der Waals surface area contributed by atoms with Crippen molar-refractivity contribution >= 4 is 11.6 Å². The molecular formula is C18H25NO3. The molecule has 1 heterocycles. The van der Waals surface area contributed by atoms with E-state index in [-0.39, 0.29) is 17.9 Å². The standard InChI is InChI=1S/C18H25NO3/c1-13-8-9-16(19-18(20)14-5-2-3-6-14)17(11-13)22-12-15-7-4-10-21-15/h8-9,11,14-15H,2-7,10,12H2,1H3,(H,19,20)/t15-/m0/s1. The molecule has 1 aliphatic heterocycles. The van der Waals surface area contributed by atoms with Crippen molar-refractivity contribution < 1.29 is 14.3 Å². The largest absolute Gasteiger partial charge is 0.489 e. The molecule has 0 bridgehead atoms. The number of ether oxygens (including phenoxy) is 2. The molecular weight excluding hydrogens is 278 g/mol. The molecule has 1 aromatic rings. The summed E-state index contributed by atoms with van der Waals surface area (Å²) in [6.45, 7) is 3.41. The van der Waals surface area contributed by atoms with Gasteiger partial charge in [0.25, 0.3) is 0 Å². The first-order valence-corrected chi connectivity index (χ1v) is 8.38. The predicted octanol–water partition coefficient (Wildman–Crippen LogP) is 3.68. The van der Waals surface area contributed by atoms with Gasteiger partial charge in [-0.2, -0.15) is 0 Å². The van der Waals surface area contributed by atoms with Gasteiger partial charge in [0.05, 0.1) is 11.8 Å². The van der Waals surface area contributed by atoms with Crippen LogP contribution in [0.4, 0.5) is 5.69 Å². The smallest absolute Gasteiger partial charge is 0.227 e. The molecule has 1 aromatic carbocycles. The molecule has 3 rings (SSSR count). The molecule has 1 saturated heterocycles. The molecule has 2 aliphatic rings. The summed E-state index contributed by atoms with van der Waals surface area (Å²) in [7, 11) is 0. The molecule has 0 radical (unpaired) electrons. The number of anilines is 1. The van der Waals surface area contributed by atoms with E-state index in [2.05, 4.69) is 5.32 Å². The van der Waals surface area contributed by atoms with Crippen LogP contribution in [0.3, 0.4) is 0 Å². The highest BCUT2D eigenvalue weighted by Crippen LogP contribution is 2.30. The van der Waals surface area contributed by atoms with E-state index in [0.29, 0.717) is 6.61 Å². The number of carbonyl (C=O) groups is 1. The minimum atomic E-state index is 0.128. The summed E-state index contributed by atoms with van der Waals surface area (Å²) in [4.78, 5) is 12.3. The molecule has 1 aliphatic carbocycles. The summed E-state index contributed by atoms with van der Waals surface area (Å²) >= 11 is 0. The van der Waals surface area contributed by atoms with Gasteiger partial charge in [-0.05, 0) is 50.3 Å². The van der Waals surface area contributed by atoms with Crippen LogP contribution in [0.2, 0.25) is 0 Å². The Morgan fingerprint density at radius 2 is 2.09 bits per heavy atom. The highest BCUT2D eigenvalue weighted by Gasteiger charge is 2.24. The number of rotatable bonds is 5. The fourth-order valence-corrected chi connectivity index (χ4v) is 3.23. The molecule has 120 valence electrons. The molecule has 1 saturated carbocycles. The minimum absolute atomic E-state index is 0.128. The number of benzene rings is 1. The quantitative estimate of drug-likeness (QED) is 0.902. The van der Waals surface area contributed by atoms with Crippen molar-refractivity contribution in [1.82, 2.24) is 0 Å². The van der Waals surface area contributed by atoms with Crippen LogP contribution in [0.25, 0.3) is 0 Å². The van der Waals surface area contributed by atoms with Crippen LogP contribution in [-0.4, -0.2) is 25.2 Å². The first-order chi connectivity index (χ1) is 10.7. The van der Waals surface area contributed by atoms with E-state index < -0.39 is 0 Å². The average Bonchev–Trinajstić information content (AvgIpc) is 3.20. The Hall–Kier alpha value is -1.55. The second-order valence-corrected chi connectivity index (χ2v) is 6.42. The fraction of sp³-hybridized carbons (Fsp3) is 0.611. The lowest BCUT2D eigenvalue weighted by atomic mass is 10.1. The highest BCUT2D eigenvalue weighted by atomic mass is 16.5. The molecule has 1 atom stereocenters. The Balaban J connectivity index is 1.65. The van der Waals surface area contributed by atoms with Gasteiger partial charge >= 0.3 is 0 Å². The van der Waals surface area contributed by atoms with Gasteiger partial charge in [-0.15, -0.1) is 0 Å². The Labute approximate surface area is 132 Å². The first kappa shape index (κ1) is 15.3. The van der Waals surface area contributed by atoms with Gasteiger partial charge in [0.2, 0.25) is 5.91 Å². The normalized spacial score (nSPS) is 22.0. The molecule has 1 N–H and O–H groups in total. The van der Waals surface area contributed by atoms with E-state index in [1.54, 1.807) is 0 Å². The molecule has 22 heavy (non-hydrogen) atoms. The number of amides is 1. The number of hydrogen-bond acceptors (Lipinski definition) is 3. The number of hydrogen-bond donors (Lipinski definition) is 1. The lowest BCUT2D eigenvalue weighted by Crippen LogP contribution is -2.22. The zero-order valence-electron chi connectivity index (χ0n) is 13.3. The van der Waals surface area contributed by atoms with Crippen molar-refractivity contribution in [3.63, 3.8) is 0 Å². The van der Waals surface area contributed by atoms with Crippen molar-refractivity contribution in [2.24, 2.45) is 5.92 Å². The summed E-state index contributed by atoms with van der Waals surface area (Å²) in [5, 5.41) is 3.05. The van der Waals surface area contributed by atoms with Crippen molar-refractivity contribution in [3.05, 3.63) is 23.8 Å². The summed E-state index contributed by atoms with van der Waals surface area (Å²) in [5.74, 6) is 1.04. The summed E-state index contributed by atoms with van der Waals surface area (Å²) < 4.78 is 11.5. The third-order valence-electron chi connectivity index (χ3n) is 4.57. The predicted molar refractivity (Wildman–Crippen MR) is 86.2 cm³/mol. The SMILES string of the molecule is Cc1ccc(NC(=O)C2CCCC2)c(OC[C@@H]2CCCO2)c1. The molecule has 4 nitrogen and oxygen atoms in total. The number of nitrogens with one attached hydrogen (secondary N) is 1. The Morgan fingerprint density at radius 3 is 2.82 bits per heavy atom. The van der Waals surface area contributed by atoms with Crippen LogP contribution < -0.4 is 10.1 Å². The van der Waals surface area contributed by atoms with E-state index in [0.717, 1.165) is 62.1 Å². The van der Waals surface area contributed by atoms with Crippen LogP contribution >= 0.6 is 0 Å². The van der Waals surface area contributed by atoms with Crippen LogP contribution in [0, 0.1) is 12.8 Å². The van der Waals surface area contributed by atoms with E-state index in [1.165, 1.54) is 0 Å². The molecule has 1 amide bonds. The van der Waals surface area contributed by atoms with Crippen LogP contribution in [0.15, 0.2) is 18.2 Å². The second kappa shape index (κ2) is 7.14. The lowest BCUT2D eigenvalue weighted by Gasteiger charge is -2.17. The second-order valence-electron chi connectivity index (χ2n) is 6.42. The van der Waals surface area contributed by atoms with Crippen LogP contribution in [-0.2, 0) is 9.53 Å². The van der Waals surface area contributed by atoms with Gasteiger partial charge < -0.3 is 14.8 Å². The lowest BCUT2D eigenvalue weighted by molar-refractivity contribution is -0.119. The Morgan fingerprint density at radius 1 is 1.27 bits per heavy atom. The Bertz CT molecular complexity index is 517. The topological polar surface area (TPSA) is 47.6 Å². The van der Waals surface area contributed by atoms with Crippen molar-refractivity contribution in [2.75, 3.05) is 18.5 Å². The zero-order chi connectivity index (χ0) is 15.4. The van der Waals surface area contributed by atoms with Crippen molar-refractivity contribution in [1.29, 1.82) is 0 Å². The maximum absolute atomic E-state index is 12.3. The number of carbonyl (C=O) groups excluding carboxylic acids is 1. The molecule has 4 heteroatoms. The number of aryl methyl sites for hydroxylation is 1. The van der Waals surface area contributed by atoms with Gasteiger partial charge in [0.15, 0.2) is 0 Å². The maximum Gasteiger partial charge on any atom is 0.227 e. The van der Waals surface area contributed by atoms with Crippen LogP contribution in [0.1, 0.15) is 44.1 Å². The third-order valence-corrected chi connectivity index (χ3v) is 4.57. The van der Waals surface area contributed by atoms with Gasteiger partial charge in [-0.3, -0.25) is 4.79 Å². The molecule has 0 unspecified atom stereocenters. The first-order valence-electron chi connectivity index (χ1n) is 8.38. The van der Waals surface area contributed by atoms with E-state index in [9.17, 15) is 4.79 Å². The van der Waals surface area contributed by atoms with Gasteiger partial charge in [-0.1, -0.05) is 18.9 Å². The highest BCUT2D eigenvalue weighted by molar-refractivity contribution is 5.94. The maximum atomic E-state index is 12.3. The van der Waals surface area contributed by atoms with Crippen molar-refractivity contribution in [3.8, 4) is 5.75 Å². The molecule has 0 aromatic heterocycles. The zero-order valence-corrected chi connectivity index (χ0v) is 13.3. The van der Waals surface area contributed by atoms with Gasteiger partial charge in [-0.25, -0.2) is 0 Å². The van der Waals surface area contributed by atoms with E-state index in [1.807, 2.05) is 25.1 Å². The minimum Gasteiger partial charge on any atom is -0.489 e.